The zero-order valence-electron chi connectivity index (χ0n) is 10.2. The van der Waals surface area contributed by atoms with E-state index in [1.165, 1.54) is 0 Å². The van der Waals surface area contributed by atoms with Gasteiger partial charge in [-0.2, -0.15) is 0 Å². The van der Waals surface area contributed by atoms with E-state index in [0.29, 0.717) is 5.56 Å². The first-order valence-corrected chi connectivity index (χ1v) is 8.25. The molecule has 0 N–H and O–H groups in total. The van der Waals surface area contributed by atoms with Crippen LogP contribution in [0.4, 0.5) is 8.78 Å². The lowest BCUT2D eigenvalue weighted by atomic mass is 10.2. The maximum atomic E-state index is 13.5. The van der Waals surface area contributed by atoms with Crippen LogP contribution in [0.25, 0.3) is 11.4 Å². The van der Waals surface area contributed by atoms with E-state index in [9.17, 15) is 17.2 Å². The predicted octanol–water partition coefficient (Wildman–Crippen LogP) is 3.16. The Bertz CT molecular complexity index is 849. The highest BCUT2D eigenvalue weighted by Crippen LogP contribution is 2.32. The number of nitrogens with zero attached hydrogens (tertiary/aromatic N) is 2. The summed E-state index contributed by atoms with van der Waals surface area (Å²) in [5.74, 6) is -2.47. The van der Waals surface area contributed by atoms with Gasteiger partial charge < -0.3 is 0 Å². The lowest BCUT2D eigenvalue weighted by Gasteiger charge is -2.06. The summed E-state index contributed by atoms with van der Waals surface area (Å²) in [6, 6.07) is 1.93. The number of fused-ring (bicyclic) bond motifs is 1. The van der Waals surface area contributed by atoms with Gasteiger partial charge in [0.2, 0.25) is 0 Å². The minimum atomic E-state index is -3.31. The van der Waals surface area contributed by atoms with Gasteiger partial charge in [0, 0.05) is 11.1 Å². The molecule has 0 unspecified atom stereocenters. The Morgan fingerprint density at radius 3 is 2.29 bits per heavy atom. The fraction of sp³-hybridized carbons (Fsp3) is 0.167. The third-order valence-electron chi connectivity index (χ3n) is 3.01. The van der Waals surface area contributed by atoms with Crippen molar-refractivity contribution >= 4 is 33.0 Å². The van der Waals surface area contributed by atoms with Gasteiger partial charge in [-0.3, -0.25) is 0 Å². The molecule has 0 spiro atoms. The van der Waals surface area contributed by atoms with Gasteiger partial charge in [0.1, 0.15) is 21.8 Å². The maximum absolute atomic E-state index is 13.5. The van der Waals surface area contributed by atoms with E-state index < -0.39 is 26.5 Å². The van der Waals surface area contributed by atoms with Crippen molar-refractivity contribution in [2.45, 2.75) is 11.5 Å². The standard InChI is InChI=1S/C12H6Cl2F2N2O2S/c13-10-7(15)1-5(2-8(10)16)12-17-9-4-21(19,20)3-6(9)11(14)18-12/h1-2H,3-4H2. The number of benzene rings is 1. The molecule has 1 aliphatic heterocycles. The highest BCUT2D eigenvalue weighted by atomic mass is 35.5. The smallest absolute Gasteiger partial charge is 0.161 e. The number of aromatic nitrogens is 2. The van der Waals surface area contributed by atoms with Crippen LogP contribution in [0.5, 0.6) is 0 Å². The van der Waals surface area contributed by atoms with Crippen molar-refractivity contribution in [3.8, 4) is 11.4 Å². The van der Waals surface area contributed by atoms with Crippen molar-refractivity contribution in [2.75, 3.05) is 0 Å². The van der Waals surface area contributed by atoms with Crippen molar-refractivity contribution in [1.29, 1.82) is 0 Å². The van der Waals surface area contributed by atoms with Crippen LogP contribution < -0.4 is 0 Å². The van der Waals surface area contributed by atoms with Gasteiger partial charge in [0.25, 0.3) is 0 Å². The highest BCUT2D eigenvalue weighted by molar-refractivity contribution is 7.90. The average molecular weight is 351 g/mol. The van der Waals surface area contributed by atoms with Crippen LogP contribution in [0.1, 0.15) is 11.3 Å². The van der Waals surface area contributed by atoms with E-state index in [-0.39, 0.29) is 33.7 Å². The lowest BCUT2D eigenvalue weighted by Crippen LogP contribution is -1.98. The summed E-state index contributed by atoms with van der Waals surface area (Å²) in [6.45, 7) is 0. The van der Waals surface area contributed by atoms with E-state index in [1.807, 2.05) is 0 Å². The second-order valence-corrected chi connectivity index (χ2v) is 7.35. The van der Waals surface area contributed by atoms with Crippen molar-refractivity contribution in [2.24, 2.45) is 0 Å². The molecule has 0 saturated carbocycles. The molecule has 2 heterocycles. The first-order valence-electron chi connectivity index (χ1n) is 5.67. The van der Waals surface area contributed by atoms with Crippen molar-refractivity contribution in [1.82, 2.24) is 9.97 Å². The van der Waals surface area contributed by atoms with Gasteiger partial charge in [-0.05, 0) is 12.1 Å². The van der Waals surface area contributed by atoms with Crippen LogP contribution >= 0.6 is 23.2 Å². The largest absolute Gasteiger partial charge is 0.232 e. The van der Waals surface area contributed by atoms with Crippen molar-refractivity contribution in [3.05, 3.63) is 45.2 Å². The SMILES string of the molecule is O=S1(=O)Cc2nc(-c3cc(F)c(Cl)c(F)c3)nc(Cl)c2C1. The Balaban J connectivity index is 2.16. The van der Waals surface area contributed by atoms with E-state index in [2.05, 4.69) is 9.97 Å². The highest BCUT2D eigenvalue weighted by Gasteiger charge is 2.30. The Morgan fingerprint density at radius 1 is 1.05 bits per heavy atom. The molecular formula is C12H6Cl2F2N2O2S. The Hall–Kier alpha value is -1.31. The maximum Gasteiger partial charge on any atom is 0.161 e. The number of halogens is 4. The van der Waals surface area contributed by atoms with Gasteiger partial charge in [-0.15, -0.1) is 0 Å². The molecule has 110 valence electrons. The predicted molar refractivity (Wildman–Crippen MR) is 73.7 cm³/mol. The van der Waals surface area contributed by atoms with Gasteiger partial charge in [-0.25, -0.2) is 27.2 Å². The minimum absolute atomic E-state index is 0.0309. The molecule has 0 amide bonds. The summed E-state index contributed by atoms with van der Waals surface area (Å²) in [4.78, 5) is 7.95. The quantitative estimate of drug-likeness (QED) is 0.585. The normalized spacial score (nSPS) is 16.0. The zero-order valence-corrected chi connectivity index (χ0v) is 12.5. The molecule has 2 aromatic rings. The molecule has 0 atom stereocenters. The lowest BCUT2D eigenvalue weighted by molar-refractivity contribution is 0.584. The molecule has 0 bridgehead atoms. The molecule has 0 saturated heterocycles. The van der Waals surface area contributed by atoms with Crippen molar-refractivity contribution in [3.63, 3.8) is 0 Å². The van der Waals surface area contributed by atoms with Gasteiger partial charge in [-0.1, -0.05) is 23.2 Å². The topological polar surface area (TPSA) is 59.9 Å². The van der Waals surface area contributed by atoms with Crippen molar-refractivity contribution < 1.29 is 17.2 Å². The van der Waals surface area contributed by atoms with E-state index in [0.717, 1.165) is 12.1 Å². The van der Waals surface area contributed by atoms with Crippen LogP contribution in [0, 0.1) is 11.6 Å². The van der Waals surface area contributed by atoms with Crippen LogP contribution in [0.15, 0.2) is 12.1 Å². The second kappa shape index (κ2) is 4.86. The fourth-order valence-corrected chi connectivity index (χ4v) is 4.00. The molecule has 9 heteroatoms. The van der Waals surface area contributed by atoms with Gasteiger partial charge >= 0.3 is 0 Å². The molecule has 1 aromatic carbocycles. The summed E-state index contributed by atoms with van der Waals surface area (Å²) in [5, 5.41) is -0.666. The third kappa shape index (κ3) is 2.61. The Kier molecular flexibility index (Phi) is 3.38. The summed E-state index contributed by atoms with van der Waals surface area (Å²) in [5.41, 5.74) is 0.611. The molecule has 0 radical (unpaired) electrons. The number of rotatable bonds is 1. The molecule has 4 nitrogen and oxygen atoms in total. The molecule has 21 heavy (non-hydrogen) atoms. The van der Waals surface area contributed by atoms with Crippen LogP contribution in [0.2, 0.25) is 10.2 Å². The van der Waals surface area contributed by atoms with E-state index >= 15 is 0 Å². The summed E-state index contributed by atoms with van der Waals surface area (Å²) >= 11 is 11.3. The van der Waals surface area contributed by atoms with Crippen LogP contribution in [-0.2, 0) is 21.3 Å². The van der Waals surface area contributed by atoms with Gasteiger partial charge in [0.15, 0.2) is 15.7 Å². The third-order valence-corrected chi connectivity index (χ3v) is 5.12. The molecule has 1 aromatic heterocycles. The molecule has 0 fully saturated rings. The minimum Gasteiger partial charge on any atom is -0.232 e. The van der Waals surface area contributed by atoms with E-state index in [4.69, 9.17) is 23.2 Å². The Labute approximate surface area is 128 Å². The summed E-state index contributed by atoms with van der Waals surface area (Å²) < 4.78 is 50.1. The summed E-state index contributed by atoms with van der Waals surface area (Å²) in [7, 11) is -3.31. The number of hydrogen-bond acceptors (Lipinski definition) is 4. The van der Waals surface area contributed by atoms with Crippen LogP contribution in [0.3, 0.4) is 0 Å². The monoisotopic (exact) mass is 350 g/mol. The number of hydrogen-bond donors (Lipinski definition) is 0. The first-order chi connectivity index (χ1) is 9.77. The summed E-state index contributed by atoms with van der Waals surface area (Å²) in [6.07, 6.45) is 0. The Morgan fingerprint density at radius 2 is 1.67 bits per heavy atom. The zero-order chi connectivity index (χ0) is 15.4. The number of sulfone groups is 1. The first kappa shape index (κ1) is 14.6. The molecule has 3 rings (SSSR count). The molecular weight excluding hydrogens is 345 g/mol. The van der Waals surface area contributed by atoms with Gasteiger partial charge in [0.05, 0.1) is 17.2 Å². The average Bonchev–Trinajstić information content (AvgIpc) is 2.70. The molecule has 1 aliphatic rings. The molecule has 0 aliphatic carbocycles. The van der Waals surface area contributed by atoms with Crippen LogP contribution in [-0.4, -0.2) is 18.4 Å². The van der Waals surface area contributed by atoms with E-state index in [1.54, 1.807) is 0 Å². The fourth-order valence-electron chi connectivity index (χ4n) is 2.06. The second-order valence-electron chi connectivity index (χ2n) is 4.55.